The van der Waals surface area contributed by atoms with Gasteiger partial charge in [0.1, 0.15) is 5.69 Å². The summed E-state index contributed by atoms with van der Waals surface area (Å²) in [5, 5.41) is 13.0. The van der Waals surface area contributed by atoms with Crippen molar-refractivity contribution in [1.82, 2.24) is 29.9 Å². The van der Waals surface area contributed by atoms with Gasteiger partial charge in [-0.05, 0) is 26.0 Å². The molecule has 28 heavy (non-hydrogen) atoms. The molecule has 0 aromatic carbocycles. The predicted molar refractivity (Wildman–Crippen MR) is 104 cm³/mol. The first-order valence-electron chi connectivity index (χ1n) is 9.09. The lowest BCUT2D eigenvalue weighted by Gasteiger charge is -2.31. The zero-order valence-electron chi connectivity index (χ0n) is 15.9. The highest BCUT2D eigenvalue weighted by molar-refractivity contribution is 5.97. The van der Waals surface area contributed by atoms with E-state index in [0.717, 1.165) is 39.2 Å². The second kappa shape index (κ2) is 6.13. The van der Waals surface area contributed by atoms with Crippen molar-refractivity contribution in [1.29, 1.82) is 0 Å². The van der Waals surface area contributed by atoms with Crippen LogP contribution in [0.5, 0.6) is 5.88 Å². The van der Waals surface area contributed by atoms with Crippen LogP contribution >= 0.6 is 0 Å². The maximum absolute atomic E-state index is 6.10. The molecular formula is C20H20N6O2. The lowest BCUT2D eigenvalue weighted by atomic mass is 9.98. The lowest BCUT2D eigenvalue weighted by Crippen LogP contribution is -2.36. The summed E-state index contributed by atoms with van der Waals surface area (Å²) in [6, 6.07) is 7.68. The van der Waals surface area contributed by atoms with Crippen LogP contribution in [0, 0.1) is 0 Å². The number of aromatic amines is 1. The minimum atomic E-state index is -0.279. The Kier molecular flexibility index (Phi) is 3.70. The third kappa shape index (κ3) is 2.65. The Morgan fingerprint density at radius 3 is 3.00 bits per heavy atom. The van der Waals surface area contributed by atoms with Crippen LogP contribution in [0.4, 0.5) is 0 Å². The van der Waals surface area contributed by atoms with E-state index in [4.69, 9.17) is 14.6 Å². The van der Waals surface area contributed by atoms with Crippen LogP contribution in [0.3, 0.4) is 0 Å². The molecule has 0 aliphatic carbocycles. The van der Waals surface area contributed by atoms with Crippen molar-refractivity contribution in [2.75, 3.05) is 7.11 Å². The molecule has 4 aromatic rings. The average molecular weight is 376 g/mol. The zero-order valence-corrected chi connectivity index (χ0v) is 15.9. The van der Waals surface area contributed by atoms with Crippen molar-refractivity contribution in [3.05, 3.63) is 42.4 Å². The van der Waals surface area contributed by atoms with Crippen LogP contribution in [-0.4, -0.2) is 42.7 Å². The standard InChI is InChI=1S/C20H20N6O2/c1-20(2)11-26-15(10-28-20)17(12-7-8-21-19-13(12)9-22-24-19)18(25-26)14-5-4-6-16(23-14)27-3/h4-9H,10-11H2,1-3H3,(H,21,22,24). The second-order valence-corrected chi connectivity index (χ2v) is 7.43. The molecule has 142 valence electrons. The smallest absolute Gasteiger partial charge is 0.213 e. The Morgan fingerprint density at radius 1 is 1.25 bits per heavy atom. The number of nitrogens with one attached hydrogen (secondary N) is 1. The molecule has 0 saturated heterocycles. The molecule has 8 heteroatoms. The number of rotatable bonds is 3. The molecular weight excluding hydrogens is 356 g/mol. The maximum atomic E-state index is 6.10. The molecule has 5 heterocycles. The van der Waals surface area contributed by atoms with Gasteiger partial charge in [0.15, 0.2) is 5.65 Å². The number of hydrogen-bond acceptors (Lipinski definition) is 6. The fraction of sp³-hybridized carbons (Fsp3) is 0.300. The van der Waals surface area contributed by atoms with Gasteiger partial charge in [-0.2, -0.15) is 10.2 Å². The highest BCUT2D eigenvalue weighted by atomic mass is 16.5. The van der Waals surface area contributed by atoms with Gasteiger partial charge in [0.25, 0.3) is 0 Å². The maximum Gasteiger partial charge on any atom is 0.213 e. The molecule has 0 spiro atoms. The number of H-pyrrole nitrogens is 1. The first kappa shape index (κ1) is 16.9. The van der Waals surface area contributed by atoms with Crippen LogP contribution in [0.1, 0.15) is 19.5 Å². The summed E-state index contributed by atoms with van der Waals surface area (Å²) in [6.45, 7) is 5.28. The summed E-state index contributed by atoms with van der Waals surface area (Å²) in [6.07, 6.45) is 3.56. The molecule has 4 aromatic heterocycles. The Bertz CT molecular complexity index is 1180. The van der Waals surface area contributed by atoms with E-state index in [1.807, 2.05) is 28.9 Å². The summed E-state index contributed by atoms with van der Waals surface area (Å²) in [5.41, 5.74) is 5.02. The summed E-state index contributed by atoms with van der Waals surface area (Å²) in [4.78, 5) is 8.98. The van der Waals surface area contributed by atoms with E-state index in [1.165, 1.54) is 0 Å². The van der Waals surface area contributed by atoms with Gasteiger partial charge in [-0.25, -0.2) is 9.97 Å². The van der Waals surface area contributed by atoms with E-state index in [0.29, 0.717) is 19.0 Å². The van der Waals surface area contributed by atoms with Gasteiger partial charge in [0.2, 0.25) is 5.88 Å². The summed E-state index contributed by atoms with van der Waals surface area (Å²) < 4.78 is 13.4. The molecule has 1 N–H and O–H groups in total. The third-order valence-electron chi connectivity index (χ3n) is 4.99. The molecule has 0 unspecified atom stereocenters. The van der Waals surface area contributed by atoms with Gasteiger partial charge in [-0.1, -0.05) is 6.07 Å². The number of hydrogen-bond donors (Lipinski definition) is 1. The molecule has 0 saturated carbocycles. The largest absolute Gasteiger partial charge is 0.481 e. The summed E-state index contributed by atoms with van der Waals surface area (Å²) >= 11 is 0. The van der Waals surface area contributed by atoms with Crippen molar-refractivity contribution in [2.24, 2.45) is 0 Å². The van der Waals surface area contributed by atoms with Gasteiger partial charge >= 0.3 is 0 Å². The minimum absolute atomic E-state index is 0.279. The van der Waals surface area contributed by atoms with Crippen LogP contribution in [0.25, 0.3) is 33.5 Å². The van der Waals surface area contributed by atoms with Gasteiger partial charge in [-0.15, -0.1) is 0 Å². The van der Waals surface area contributed by atoms with Crippen molar-refractivity contribution in [3.63, 3.8) is 0 Å². The highest BCUT2D eigenvalue weighted by Crippen LogP contribution is 2.40. The normalized spacial score (nSPS) is 15.5. The van der Waals surface area contributed by atoms with Gasteiger partial charge in [-0.3, -0.25) is 9.78 Å². The second-order valence-electron chi connectivity index (χ2n) is 7.43. The Labute approximate surface area is 161 Å². The fourth-order valence-electron chi connectivity index (χ4n) is 3.64. The summed E-state index contributed by atoms with van der Waals surface area (Å²) in [5.74, 6) is 0.550. The van der Waals surface area contributed by atoms with E-state index in [1.54, 1.807) is 19.5 Å². The zero-order chi connectivity index (χ0) is 19.3. The quantitative estimate of drug-likeness (QED) is 0.590. The van der Waals surface area contributed by atoms with Crippen molar-refractivity contribution in [2.45, 2.75) is 32.6 Å². The number of aromatic nitrogens is 6. The van der Waals surface area contributed by atoms with Crippen LogP contribution in [0.15, 0.2) is 36.7 Å². The van der Waals surface area contributed by atoms with Gasteiger partial charge in [0, 0.05) is 28.8 Å². The van der Waals surface area contributed by atoms with E-state index in [2.05, 4.69) is 34.0 Å². The first-order chi connectivity index (χ1) is 13.6. The summed E-state index contributed by atoms with van der Waals surface area (Å²) in [7, 11) is 1.61. The van der Waals surface area contributed by atoms with E-state index >= 15 is 0 Å². The van der Waals surface area contributed by atoms with Crippen LogP contribution in [-0.2, 0) is 17.9 Å². The van der Waals surface area contributed by atoms with Gasteiger partial charge < -0.3 is 9.47 Å². The molecule has 8 nitrogen and oxygen atoms in total. The molecule has 0 bridgehead atoms. The SMILES string of the molecule is COc1cccc(-c2nn3c(c2-c2ccnc4[nH]ncc24)COC(C)(C)C3)n1. The third-order valence-corrected chi connectivity index (χ3v) is 4.99. The van der Waals surface area contributed by atoms with Crippen molar-refractivity contribution >= 4 is 11.0 Å². The Morgan fingerprint density at radius 2 is 2.14 bits per heavy atom. The minimum Gasteiger partial charge on any atom is -0.481 e. The van der Waals surface area contributed by atoms with Crippen LogP contribution in [0.2, 0.25) is 0 Å². The van der Waals surface area contributed by atoms with Crippen molar-refractivity contribution in [3.8, 4) is 28.4 Å². The molecule has 0 amide bonds. The highest BCUT2D eigenvalue weighted by Gasteiger charge is 2.32. The monoisotopic (exact) mass is 376 g/mol. The number of ether oxygens (including phenoxy) is 2. The van der Waals surface area contributed by atoms with E-state index in [9.17, 15) is 0 Å². The molecule has 1 aliphatic heterocycles. The fourth-order valence-corrected chi connectivity index (χ4v) is 3.64. The van der Waals surface area contributed by atoms with Gasteiger partial charge in [0.05, 0.1) is 43.4 Å². The molecule has 5 rings (SSSR count). The number of pyridine rings is 2. The number of nitrogens with zero attached hydrogens (tertiary/aromatic N) is 5. The molecule has 0 fully saturated rings. The number of fused-ring (bicyclic) bond motifs is 2. The Balaban J connectivity index is 1.79. The lowest BCUT2D eigenvalue weighted by molar-refractivity contribution is -0.0657. The topological polar surface area (TPSA) is 90.7 Å². The Hall–Kier alpha value is -3.26. The van der Waals surface area contributed by atoms with E-state index < -0.39 is 0 Å². The molecule has 0 radical (unpaired) electrons. The number of methoxy groups -OCH3 is 1. The van der Waals surface area contributed by atoms with Crippen LogP contribution < -0.4 is 4.74 Å². The first-order valence-corrected chi connectivity index (χ1v) is 9.09. The molecule has 1 aliphatic rings. The predicted octanol–water partition coefficient (Wildman–Crippen LogP) is 3.20. The average Bonchev–Trinajstić information content (AvgIpc) is 3.31. The van der Waals surface area contributed by atoms with Crippen molar-refractivity contribution < 1.29 is 9.47 Å². The van der Waals surface area contributed by atoms with E-state index in [-0.39, 0.29) is 5.60 Å². The molecule has 0 atom stereocenters.